The van der Waals surface area contributed by atoms with Crippen molar-refractivity contribution in [1.82, 2.24) is 4.98 Å². The number of rotatable bonds is 14. The second kappa shape index (κ2) is 14.1. The molecule has 1 fully saturated rings. The molecule has 0 spiro atoms. The zero-order chi connectivity index (χ0) is 31.9. The Kier molecular flexibility index (Phi) is 11.0. The zero-order valence-electron chi connectivity index (χ0n) is 23.8. The zero-order valence-corrected chi connectivity index (χ0v) is 24.6. The predicted octanol–water partition coefficient (Wildman–Crippen LogP) is 4.73. The van der Waals surface area contributed by atoms with Crippen LogP contribution in [0, 0.1) is 17.1 Å². The van der Waals surface area contributed by atoms with Gasteiger partial charge in [0.15, 0.2) is 10.9 Å². The van der Waals surface area contributed by atoms with Crippen molar-refractivity contribution in [3.63, 3.8) is 0 Å². The minimum atomic E-state index is -5.21. The van der Waals surface area contributed by atoms with Crippen LogP contribution in [0.25, 0.3) is 0 Å². The summed E-state index contributed by atoms with van der Waals surface area (Å²) >= 11 is 5.43. The Morgan fingerprint density at radius 3 is 2.42 bits per heavy atom. The molecule has 0 atom stereocenters. The van der Waals surface area contributed by atoms with Gasteiger partial charge in [-0.25, -0.2) is 9.37 Å². The highest BCUT2D eigenvalue weighted by Crippen LogP contribution is 2.42. The molecule has 232 valence electrons. The maximum Gasteiger partial charge on any atom is 0.420 e. The number of anilines is 2. The standard InChI is InChI=1S/C28H31F4N5O5S/c1-4-40-11-7-12-41-10-5-6-13-42-24-19(23(34)38)14-18(16-35-24)37-26(43)36(25(39)27(37,2)3)20-9-8-17(15-33)21(22(20)29)28(30,31)32/h8-9,14,16H,4-7,10-13H2,1-3H3,(H2,34,38). The van der Waals surface area contributed by atoms with Gasteiger partial charge in [-0.1, -0.05) is 0 Å². The van der Waals surface area contributed by atoms with Crippen molar-refractivity contribution >= 4 is 40.5 Å². The molecule has 15 heteroatoms. The number of primary amides is 1. The number of benzene rings is 1. The van der Waals surface area contributed by atoms with Crippen LogP contribution in [-0.4, -0.2) is 60.5 Å². The Balaban J connectivity index is 1.80. The van der Waals surface area contributed by atoms with Gasteiger partial charge in [0.1, 0.15) is 16.7 Å². The van der Waals surface area contributed by atoms with Crippen LogP contribution < -0.4 is 20.3 Å². The molecule has 1 aromatic heterocycles. The van der Waals surface area contributed by atoms with Crippen molar-refractivity contribution in [2.24, 2.45) is 5.73 Å². The summed E-state index contributed by atoms with van der Waals surface area (Å²) in [6.45, 7) is 7.34. The number of nitrogens with zero attached hydrogens (tertiary/aromatic N) is 4. The van der Waals surface area contributed by atoms with Gasteiger partial charge in [0, 0.05) is 26.4 Å². The van der Waals surface area contributed by atoms with Crippen LogP contribution in [0.3, 0.4) is 0 Å². The van der Waals surface area contributed by atoms with Crippen molar-refractivity contribution in [1.29, 1.82) is 5.26 Å². The molecule has 2 N–H and O–H groups in total. The van der Waals surface area contributed by atoms with Gasteiger partial charge < -0.3 is 24.8 Å². The molecule has 10 nitrogen and oxygen atoms in total. The molecule has 3 rings (SSSR count). The summed E-state index contributed by atoms with van der Waals surface area (Å²) in [4.78, 5) is 31.7. The fraction of sp³-hybridized carbons (Fsp3) is 0.464. The predicted molar refractivity (Wildman–Crippen MR) is 152 cm³/mol. The topological polar surface area (TPSA) is 131 Å². The van der Waals surface area contributed by atoms with E-state index >= 15 is 4.39 Å². The maximum absolute atomic E-state index is 15.3. The van der Waals surface area contributed by atoms with Gasteiger partial charge in [0.2, 0.25) is 5.88 Å². The van der Waals surface area contributed by atoms with Gasteiger partial charge in [0.25, 0.3) is 11.8 Å². The molecule has 0 bridgehead atoms. The van der Waals surface area contributed by atoms with Crippen LogP contribution in [0.5, 0.6) is 5.88 Å². The van der Waals surface area contributed by atoms with Crippen molar-refractivity contribution in [3.05, 3.63) is 46.9 Å². The number of thiocarbonyl (C=S) groups is 1. The quantitative estimate of drug-likeness (QED) is 0.180. The lowest BCUT2D eigenvalue weighted by molar-refractivity contribution is -0.140. The number of alkyl halides is 3. The van der Waals surface area contributed by atoms with E-state index in [1.165, 1.54) is 37.1 Å². The van der Waals surface area contributed by atoms with Crippen LogP contribution in [0.15, 0.2) is 24.4 Å². The number of carbonyl (C=O) groups excluding carboxylic acids is 2. The van der Waals surface area contributed by atoms with Crippen molar-refractivity contribution in [3.8, 4) is 11.9 Å². The molecule has 0 unspecified atom stereocenters. The Morgan fingerprint density at radius 2 is 1.79 bits per heavy atom. The molecule has 0 aliphatic carbocycles. The van der Waals surface area contributed by atoms with E-state index in [4.69, 9.17) is 37.4 Å². The number of hydrogen-bond acceptors (Lipinski definition) is 8. The van der Waals surface area contributed by atoms with E-state index in [1.807, 2.05) is 6.92 Å². The Morgan fingerprint density at radius 1 is 1.14 bits per heavy atom. The van der Waals surface area contributed by atoms with Gasteiger partial charge in [-0.15, -0.1) is 0 Å². The summed E-state index contributed by atoms with van der Waals surface area (Å²) in [6, 6.07) is 4.24. The molecule has 1 aliphatic rings. The Labute approximate surface area is 251 Å². The molecule has 1 aliphatic heterocycles. The molecule has 0 radical (unpaired) electrons. The summed E-state index contributed by atoms with van der Waals surface area (Å²) in [7, 11) is 0. The van der Waals surface area contributed by atoms with E-state index in [0.29, 0.717) is 44.2 Å². The number of unbranched alkanes of at least 4 members (excludes halogenated alkanes) is 1. The molecule has 1 aromatic carbocycles. The summed E-state index contributed by atoms with van der Waals surface area (Å²) in [5, 5.41) is 8.70. The number of pyridine rings is 1. The molecular formula is C28H31F4N5O5S. The third kappa shape index (κ3) is 7.38. The van der Waals surface area contributed by atoms with E-state index in [0.717, 1.165) is 18.6 Å². The first kappa shape index (κ1) is 33.6. The SMILES string of the molecule is CCOCCCOCCCCOc1ncc(N2C(=S)N(c3ccc(C#N)c(C(F)(F)F)c3F)C(=O)C2(C)C)cc1C(N)=O. The van der Waals surface area contributed by atoms with Gasteiger partial charge in [-0.3, -0.25) is 14.5 Å². The van der Waals surface area contributed by atoms with Crippen molar-refractivity contribution in [2.45, 2.75) is 51.7 Å². The number of ether oxygens (including phenoxy) is 3. The smallest absolute Gasteiger partial charge is 0.420 e. The third-order valence-electron chi connectivity index (χ3n) is 6.50. The summed E-state index contributed by atoms with van der Waals surface area (Å²) < 4.78 is 72.5. The minimum Gasteiger partial charge on any atom is -0.477 e. The van der Waals surface area contributed by atoms with E-state index in [9.17, 15) is 22.8 Å². The molecular weight excluding hydrogens is 594 g/mol. The average Bonchev–Trinajstić information content (AvgIpc) is 3.11. The lowest BCUT2D eigenvalue weighted by Gasteiger charge is -2.29. The van der Waals surface area contributed by atoms with Crippen LogP contribution in [-0.2, 0) is 20.4 Å². The lowest BCUT2D eigenvalue weighted by Crippen LogP contribution is -2.44. The summed E-state index contributed by atoms with van der Waals surface area (Å²) in [5.41, 5.74) is 0.440. The van der Waals surface area contributed by atoms with E-state index < -0.39 is 46.2 Å². The minimum absolute atomic E-state index is 0.0621. The second-order valence-corrected chi connectivity index (χ2v) is 10.2. The Hall–Kier alpha value is -3.87. The third-order valence-corrected chi connectivity index (χ3v) is 6.86. The first-order chi connectivity index (χ1) is 20.3. The summed E-state index contributed by atoms with van der Waals surface area (Å²) in [6.07, 6.45) is -1.88. The maximum atomic E-state index is 15.3. The monoisotopic (exact) mass is 625 g/mol. The van der Waals surface area contributed by atoms with Crippen LogP contribution >= 0.6 is 12.2 Å². The number of carbonyl (C=O) groups is 2. The number of amides is 2. The van der Waals surface area contributed by atoms with Gasteiger partial charge in [0.05, 0.1) is 35.8 Å². The van der Waals surface area contributed by atoms with Crippen molar-refractivity contribution < 1.29 is 41.4 Å². The molecule has 43 heavy (non-hydrogen) atoms. The molecule has 1 saturated heterocycles. The fourth-order valence-electron chi connectivity index (χ4n) is 4.39. The fourth-order valence-corrected chi connectivity index (χ4v) is 4.90. The highest BCUT2D eigenvalue weighted by molar-refractivity contribution is 7.81. The van der Waals surface area contributed by atoms with Crippen LogP contribution in [0.1, 0.15) is 61.5 Å². The summed E-state index contributed by atoms with van der Waals surface area (Å²) in [5.74, 6) is -3.63. The number of aromatic nitrogens is 1. The van der Waals surface area contributed by atoms with E-state index in [1.54, 1.807) is 0 Å². The van der Waals surface area contributed by atoms with Gasteiger partial charge >= 0.3 is 6.18 Å². The van der Waals surface area contributed by atoms with Gasteiger partial charge in [-0.05, 0) is 70.5 Å². The highest BCUT2D eigenvalue weighted by Gasteiger charge is 2.52. The largest absolute Gasteiger partial charge is 0.477 e. The molecule has 2 amide bonds. The number of hydrogen-bond donors (Lipinski definition) is 1. The average molecular weight is 626 g/mol. The van der Waals surface area contributed by atoms with Gasteiger partial charge in [-0.2, -0.15) is 18.4 Å². The first-order valence-corrected chi connectivity index (χ1v) is 13.7. The van der Waals surface area contributed by atoms with Crippen molar-refractivity contribution in [2.75, 3.05) is 42.8 Å². The van der Waals surface area contributed by atoms with Crippen LogP contribution in [0.4, 0.5) is 28.9 Å². The van der Waals surface area contributed by atoms with E-state index in [-0.39, 0.29) is 28.9 Å². The second-order valence-electron chi connectivity index (χ2n) is 9.88. The molecule has 0 saturated carbocycles. The normalized spacial score (nSPS) is 14.7. The van der Waals surface area contributed by atoms with E-state index in [2.05, 4.69) is 4.98 Å². The van der Waals surface area contributed by atoms with Crippen LogP contribution in [0.2, 0.25) is 0 Å². The number of nitriles is 1. The highest BCUT2D eigenvalue weighted by atomic mass is 32.1. The number of halogens is 4. The molecule has 2 aromatic rings. The first-order valence-electron chi connectivity index (χ1n) is 13.3. The Bertz CT molecular complexity index is 1410. The number of nitrogens with two attached hydrogens (primary N) is 1. The lowest BCUT2D eigenvalue weighted by atomic mass is 10.0. The molecule has 2 heterocycles.